The maximum absolute atomic E-state index is 12.1. The number of amides is 1. The SMILES string of the molecule is Cc1cc(-c2ccco2)ccc1OC1CCN(C(=O)OC(C)(C)C)CC1. The van der Waals surface area contributed by atoms with Crippen LogP contribution in [0.1, 0.15) is 39.2 Å². The predicted octanol–water partition coefficient (Wildman–Crippen LogP) is 5.03. The second-order valence-corrected chi connectivity index (χ2v) is 7.74. The summed E-state index contributed by atoms with van der Waals surface area (Å²) in [6.45, 7) is 9.01. The average molecular weight is 357 g/mol. The van der Waals surface area contributed by atoms with Gasteiger partial charge in [-0.25, -0.2) is 4.79 Å². The number of hydrogen-bond acceptors (Lipinski definition) is 4. The zero-order valence-electron chi connectivity index (χ0n) is 16.0. The zero-order chi connectivity index (χ0) is 18.7. The minimum absolute atomic E-state index is 0.113. The highest BCUT2D eigenvalue weighted by Gasteiger charge is 2.27. The molecule has 1 aliphatic heterocycles. The van der Waals surface area contributed by atoms with Crippen molar-refractivity contribution >= 4 is 6.09 Å². The highest BCUT2D eigenvalue weighted by molar-refractivity contribution is 5.68. The molecular formula is C21H27NO4. The number of ether oxygens (including phenoxy) is 2. The molecule has 140 valence electrons. The largest absolute Gasteiger partial charge is 0.490 e. The molecule has 2 aromatic rings. The number of hydrogen-bond donors (Lipinski definition) is 0. The Hall–Kier alpha value is -2.43. The van der Waals surface area contributed by atoms with Crippen LogP contribution in [0, 0.1) is 6.92 Å². The second-order valence-electron chi connectivity index (χ2n) is 7.74. The maximum Gasteiger partial charge on any atom is 0.410 e. The van der Waals surface area contributed by atoms with E-state index >= 15 is 0 Å². The van der Waals surface area contributed by atoms with Crippen LogP contribution in [-0.2, 0) is 4.74 Å². The lowest BCUT2D eigenvalue weighted by Crippen LogP contribution is -2.44. The fourth-order valence-electron chi connectivity index (χ4n) is 3.04. The van der Waals surface area contributed by atoms with Crippen molar-refractivity contribution in [2.45, 2.75) is 52.2 Å². The number of furan rings is 1. The first kappa shape index (κ1) is 18.4. The maximum atomic E-state index is 12.1. The summed E-state index contributed by atoms with van der Waals surface area (Å²) in [4.78, 5) is 13.9. The Kier molecular flexibility index (Phi) is 5.25. The number of likely N-dealkylation sites (tertiary alicyclic amines) is 1. The van der Waals surface area contributed by atoms with Crippen molar-refractivity contribution in [1.82, 2.24) is 4.90 Å². The zero-order valence-corrected chi connectivity index (χ0v) is 16.0. The van der Waals surface area contributed by atoms with Crippen LogP contribution in [0.5, 0.6) is 5.75 Å². The van der Waals surface area contributed by atoms with Crippen LogP contribution in [0.2, 0.25) is 0 Å². The van der Waals surface area contributed by atoms with Gasteiger partial charge in [-0.05, 0) is 63.6 Å². The van der Waals surface area contributed by atoms with Gasteiger partial charge in [-0.2, -0.15) is 0 Å². The third-order valence-electron chi connectivity index (χ3n) is 4.37. The number of piperidine rings is 1. The van der Waals surface area contributed by atoms with E-state index in [-0.39, 0.29) is 12.2 Å². The van der Waals surface area contributed by atoms with Crippen LogP contribution in [-0.4, -0.2) is 35.8 Å². The summed E-state index contributed by atoms with van der Waals surface area (Å²) in [7, 11) is 0. The number of carbonyl (C=O) groups excluding carboxylic acids is 1. The molecule has 0 saturated carbocycles. The lowest BCUT2D eigenvalue weighted by molar-refractivity contribution is 0.0126. The molecule has 0 N–H and O–H groups in total. The molecule has 1 aliphatic rings. The molecule has 1 fully saturated rings. The fraction of sp³-hybridized carbons (Fsp3) is 0.476. The summed E-state index contributed by atoms with van der Waals surface area (Å²) >= 11 is 0. The molecule has 1 aromatic carbocycles. The Balaban J connectivity index is 1.55. The predicted molar refractivity (Wildman–Crippen MR) is 100 cm³/mol. The summed E-state index contributed by atoms with van der Waals surface area (Å²) in [6, 6.07) is 9.91. The molecule has 3 rings (SSSR count). The van der Waals surface area contributed by atoms with E-state index in [1.807, 2.05) is 52.0 Å². The lowest BCUT2D eigenvalue weighted by Gasteiger charge is -2.33. The highest BCUT2D eigenvalue weighted by Crippen LogP contribution is 2.28. The fourth-order valence-corrected chi connectivity index (χ4v) is 3.04. The Bertz CT molecular complexity index is 738. The second kappa shape index (κ2) is 7.44. The van der Waals surface area contributed by atoms with E-state index < -0.39 is 5.60 Å². The first-order chi connectivity index (χ1) is 12.3. The summed E-state index contributed by atoms with van der Waals surface area (Å²) < 4.78 is 17.1. The Labute approximate surface area is 154 Å². The number of rotatable bonds is 3. The molecule has 2 heterocycles. The molecule has 1 amide bonds. The standard InChI is InChI=1S/C21H27NO4/c1-15-14-16(19-6-5-13-24-19)7-8-18(15)25-17-9-11-22(12-10-17)20(23)26-21(2,3)4/h5-8,13-14,17H,9-12H2,1-4H3. The molecule has 0 unspecified atom stereocenters. The van der Waals surface area contributed by atoms with Crippen molar-refractivity contribution in [2.75, 3.05) is 13.1 Å². The number of benzene rings is 1. The normalized spacial score (nSPS) is 15.8. The Morgan fingerprint density at radius 2 is 1.92 bits per heavy atom. The van der Waals surface area contributed by atoms with E-state index in [2.05, 4.69) is 6.07 Å². The summed E-state index contributed by atoms with van der Waals surface area (Å²) in [5.41, 5.74) is 1.66. The van der Waals surface area contributed by atoms with Gasteiger partial charge in [-0.1, -0.05) is 0 Å². The van der Waals surface area contributed by atoms with Gasteiger partial charge in [0, 0.05) is 31.5 Å². The topological polar surface area (TPSA) is 51.9 Å². The van der Waals surface area contributed by atoms with E-state index in [1.54, 1.807) is 11.2 Å². The van der Waals surface area contributed by atoms with Crippen LogP contribution in [0.25, 0.3) is 11.3 Å². The van der Waals surface area contributed by atoms with Gasteiger partial charge in [-0.15, -0.1) is 0 Å². The van der Waals surface area contributed by atoms with Crippen LogP contribution in [0.3, 0.4) is 0 Å². The molecule has 5 nitrogen and oxygen atoms in total. The van der Waals surface area contributed by atoms with E-state index in [9.17, 15) is 4.79 Å². The van der Waals surface area contributed by atoms with Crippen LogP contribution in [0.4, 0.5) is 4.79 Å². The van der Waals surface area contributed by atoms with E-state index in [4.69, 9.17) is 13.9 Å². The van der Waals surface area contributed by atoms with Crippen LogP contribution >= 0.6 is 0 Å². The molecule has 26 heavy (non-hydrogen) atoms. The van der Waals surface area contributed by atoms with Gasteiger partial charge >= 0.3 is 6.09 Å². The minimum atomic E-state index is -0.461. The van der Waals surface area contributed by atoms with Gasteiger partial charge < -0.3 is 18.8 Å². The molecule has 1 saturated heterocycles. The number of nitrogens with zero attached hydrogens (tertiary/aromatic N) is 1. The van der Waals surface area contributed by atoms with Crippen molar-refractivity contribution in [3.8, 4) is 17.1 Å². The molecule has 0 bridgehead atoms. The molecular weight excluding hydrogens is 330 g/mol. The molecule has 0 aliphatic carbocycles. The average Bonchev–Trinajstić information content (AvgIpc) is 3.10. The van der Waals surface area contributed by atoms with Crippen molar-refractivity contribution < 1.29 is 18.7 Å². The third-order valence-corrected chi connectivity index (χ3v) is 4.37. The first-order valence-electron chi connectivity index (χ1n) is 9.11. The van der Waals surface area contributed by atoms with E-state index in [0.717, 1.165) is 35.5 Å². The van der Waals surface area contributed by atoms with E-state index in [1.165, 1.54) is 0 Å². The van der Waals surface area contributed by atoms with Crippen molar-refractivity contribution in [2.24, 2.45) is 0 Å². The number of carbonyl (C=O) groups is 1. The molecule has 5 heteroatoms. The van der Waals surface area contributed by atoms with Crippen molar-refractivity contribution in [1.29, 1.82) is 0 Å². The molecule has 0 radical (unpaired) electrons. The molecule has 0 atom stereocenters. The monoisotopic (exact) mass is 357 g/mol. The quantitative estimate of drug-likeness (QED) is 0.773. The van der Waals surface area contributed by atoms with Gasteiger partial charge in [0.2, 0.25) is 0 Å². The number of aryl methyl sites for hydroxylation is 1. The summed E-state index contributed by atoms with van der Waals surface area (Å²) in [5.74, 6) is 1.74. The van der Waals surface area contributed by atoms with Gasteiger partial charge in [0.05, 0.1) is 6.26 Å². The van der Waals surface area contributed by atoms with Gasteiger partial charge in [0.25, 0.3) is 0 Å². The first-order valence-corrected chi connectivity index (χ1v) is 9.11. The third kappa shape index (κ3) is 4.59. The smallest absolute Gasteiger partial charge is 0.410 e. The van der Waals surface area contributed by atoms with Crippen LogP contribution < -0.4 is 4.74 Å². The minimum Gasteiger partial charge on any atom is -0.490 e. The molecule has 1 aromatic heterocycles. The van der Waals surface area contributed by atoms with Crippen molar-refractivity contribution in [3.63, 3.8) is 0 Å². The summed E-state index contributed by atoms with van der Waals surface area (Å²) in [5, 5.41) is 0. The van der Waals surface area contributed by atoms with E-state index in [0.29, 0.717) is 13.1 Å². The Morgan fingerprint density at radius 3 is 2.50 bits per heavy atom. The van der Waals surface area contributed by atoms with Crippen LogP contribution in [0.15, 0.2) is 41.0 Å². The van der Waals surface area contributed by atoms with Gasteiger partial charge in [-0.3, -0.25) is 0 Å². The van der Waals surface area contributed by atoms with Gasteiger partial charge in [0.1, 0.15) is 23.2 Å². The lowest BCUT2D eigenvalue weighted by atomic mass is 10.1. The highest BCUT2D eigenvalue weighted by atomic mass is 16.6. The molecule has 0 spiro atoms. The van der Waals surface area contributed by atoms with Crippen molar-refractivity contribution in [3.05, 3.63) is 42.2 Å². The van der Waals surface area contributed by atoms with Gasteiger partial charge in [0.15, 0.2) is 0 Å². The Morgan fingerprint density at radius 1 is 1.19 bits per heavy atom. The summed E-state index contributed by atoms with van der Waals surface area (Å²) in [6.07, 6.45) is 3.15.